The first kappa shape index (κ1) is 31.9. The molecule has 40 heavy (non-hydrogen) atoms. The molecule has 2 aromatic rings. The zero-order valence-corrected chi connectivity index (χ0v) is 23.0. The molecule has 0 aliphatic rings. The van der Waals surface area contributed by atoms with Crippen molar-refractivity contribution < 1.29 is 52.3 Å². The average molecular weight is 562 g/mol. The van der Waals surface area contributed by atoms with E-state index in [0.29, 0.717) is 24.2 Å². The van der Waals surface area contributed by atoms with E-state index >= 15 is 0 Å². The summed E-state index contributed by atoms with van der Waals surface area (Å²) in [7, 11) is 1.24. The van der Waals surface area contributed by atoms with Crippen LogP contribution in [0.1, 0.15) is 39.2 Å². The summed E-state index contributed by atoms with van der Waals surface area (Å²) in [5.41, 5.74) is 0.535. The van der Waals surface area contributed by atoms with Crippen LogP contribution in [0.25, 0.3) is 0 Å². The third kappa shape index (κ3) is 11.6. The fourth-order valence-corrected chi connectivity index (χ4v) is 3.19. The number of benzene rings is 2. The summed E-state index contributed by atoms with van der Waals surface area (Å²) < 4.78 is 35.6. The van der Waals surface area contributed by atoms with Crippen molar-refractivity contribution >= 4 is 24.4 Å². The molecular formula is C28H35NO11. The van der Waals surface area contributed by atoms with Crippen LogP contribution in [0.2, 0.25) is 0 Å². The van der Waals surface area contributed by atoms with Gasteiger partial charge in [0, 0.05) is 6.54 Å². The number of ether oxygens (including phenoxy) is 7. The Balaban J connectivity index is 2.09. The van der Waals surface area contributed by atoms with Gasteiger partial charge < -0.3 is 38.5 Å². The maximum atomic E-state index is 12.5. The van der Waals surface area contributed by atoms with Crippen LogP contribution >= 0.6 is 0 Å². The van der Waals surface area contributed by atoms with Crippen LogP contribution in [-0.4, -0.2) is 63.4 Å². The smallest absolute Gasteiger partial charge is 0.468 e. The number of hydrogen-bond acceptors (Lipinski definition) is 12. The second-order valence-corrected chi connectivity index (χ2v) is 8.46. The fraction of sp³-hybridized carbons (Fsp3) is 0.429. The second kappa shape index (κ2) is 17.3. The van der Waals surface area contributed by atoms with Crippen LogP contribution in [0, 0.1) is 0 Å². The van der Waals surface area contributed by atoms with E-state index < -0.39 is 36.6 Å². The lowest BCUT2D eigenvalue weighted by atomic mass is 10.0. The molecule has 0 radical (unpaired) electrons. The highest BCUT2D eigenvalue weighted by molar-refractivity contribution is 5.76. The summed E-state index contributed by atoms with van der Waals surface area (Å²) in [5.74, 6) is -0.411. The van der Waals surface area contributed by atoms with Gasteiger partial charge in [-0.1, -0.05) is 38.1 Å². The van der Waals surface area contributed by atoms with Crippen LogP contribution in [0.4, 0.5) is 14.4 Å². The number of hydrogen-bond donors (Lipinski definition) is 1. The van der Waals surface area contributed by atoms with Gasteiger partial charge in [0.15, 0.2) is 11.5 Å². The summed E-state index contributed by atoms with van der Waals surface area (Å²) in [6.07, 6.45) is -2.21. The highest BCUT2D eigenvalue weighted by Crippen LogP contribution is 2.30. The molecule has 0 bridgehead atoms. The zero-order chi connectivity index (χ0) is 29.3. The van der Waals surface area contributed by atoms with Crippen molar-refractivity contribution in [3.8, 4) is 17.2 Å². The molecule has 2 atom stereocenters. The second-order valence-electron chi connectivity index (χ2n) is 8.46. The zero-order valence-electron chi connectivity index (χ0n) is 23.0. The Morgan fingerprint density at radius 2 is 1.43 bits per heavy atom. The molecule has 0 heterocycles. The van der Waals surface area contributed by atoms with Gasteiger partial charge in [-0.3, -0.25) is 4.79 Å². The van der Waals surface area contributed by atoms with Gasteiger partial charge in [0.25, 0.3) is 0 Å². The van der Waals surface area contributed by atoms with E-state index in [9.17, 15) is 19.2 Å². The lowest BCUT2D eigenvalue weighted by Gasteiger charge is -2.20. The Labute approximate surface area is 232 Å². The molecule has 0 aliphatic carbocycles. The Morgan fingerprint density at radius 1 is 0.800 bits per heavy atom. The lowest BCUT2D eigenvalue weighted by Crippen LogP contribution is -2.43. The first-order valence-corrected chi connectivity index (χ1v) is 12.8. The van der Waals surface area contributed by atoms with Gasteiger partial charge in [-0.15, -0.1) is 0 Å². The van der Waals surface area contributed by atoms with Gasteiger partial charge in [0.2, 0.25) is 0 Å². The minimum Gasteiger partial charge on any atom is -0.468 e. The van der Waals surface area contributed by atoms with Crippen molar-refractivity contribution in [1.29, 1.82) is 0 Å². The van der Waals surface area contributed by atoms with Crippen molar-refractivity contribution in [2.75, 3.05) is 26.9 Å². The number of rotatable bonds is 14. The van der Waals surface area contributed by atoms with Crippen LogP contribution < -0.4 is 19.5 Å². The Bertz CT molecular complexity index is 1110. The van der Waals surface area contributed by atoms with Gasteiger partial charge in [-0.25, -0.2) is 14.4 Å². The SMILES string of the molecule is CCCOC(=O)Oc1ccc(C[C@H](NCC(C)OC(=O)Oc2ccccc2)C(=O)OC)cc1OC(=O)OCCC. The molecule has 0 spiro atoms. The third-order valence-electron chi connectivity index (χ3n) is 5.06. The van der Waals surface area contributed by atoms with Crippen LogP contribution in [-0.2, 0) is 30.2 Å². The first-order valence-electron chi connectivity index (χ1n) is 12.8. The van der Waals surface area contributed by atoms with Crippen molar-refractivity contribution in [3.05, 3.63) is 54.1 Å². The number of methoxy groups -OCH3 is 1. The highest BCUT2D eigenvalue weighted by Gasteiger charge is 2.23. The van der Waals surface area contributed by atoms with Crippen LogP contribution in [0.5, 0.6) is 17.2 Å². The molecule has 0 saturated carbocycles. The van der Waals surface area contributed by atoms with Crippen molar-refractivity contribution in [2.24, 2.45) is 0 Å². The van der Waals surface area contributed by atoms with E-state index in [1.165, 1.54) is 19.2 Å². The number of para-hydroxylation sites is 1. The van der Waals surface area contributed by atoms with Gasteiger partial charge in [-0.2, -0.15) is 0 Å². The molecule has 218 valence electrons. The van der Waals surface area contributed by atoms with E-state index in [4.69, 9.17) is 33.2 Å². The van der Waals surface area contributed by atoms with Gasteiger partial charge in [0.05, 0.1) is 20.3 Å². The van der Waals surface area contributed by atoms with Gasteiger partial charge >= 0.3 is 24.4 Å². The molecular weight excluding hydrogens is 526 g/mol. The predicted molar refractivity (Wildman–Crippen MR) is 141 cm³/mol. The van der Waals surface area contributed by atoms with E-state index in [0.717, 1.165) is 0 Å². The molecule has 0 amide bonds. The molecule has 12 heteroatoms. The van der Waals surface area contributed by atoms with E-state index in [1.807, 2.05) is 13.8 Å². The first-order chi connectivity index (χ1) is 19.2. The molecule has 0 aromatic heterocycles. The number of carbonyl (C=O) groups excluding carboxylic acids is 4. The summed E-state index contributed by atoms with van der Waals surface area (Å²) in [6, 6.07) is 12.0. The van der Waals surface area contributed by atoms with Gasteiger partial charge in [0.1, 0.15) is 17.9 Å². The predicted octanol–water partition coefficient (Wildman–Crippen LogP) is 4.82. The standard InChI is InChI=1S/C28H35NO11/c1-5-14-35-26(31)39-23-13-12-20(17-24(23)40-27(32)36-15-6-2)16-22(25(30)34-4)29-18-19(3)37-28(33)38-21-10-8-7-9-11-21/h7-13,17,19,22,29H,5-6,14-16,18H2,1-4H3/t19?,22-/m0/s1. The summed E-state index contributed by atoms with van der Waals surface area (Å²) >= 11 is 0. The maximum Gasteiger partial charge on any atom is 0.514 e. The van der Waals surface area contributed by atoms with E-state index in [2.05, 4.69) is 5.32 Å². The number of esters is 1. The Morgan fingerprint density at radius 3 is 2.02 bits per heavy atom. The van der Waals surface area contributed by atoms with Crippen molar-refractivity contribution in [1.82, 2.24) is 5.32 Å². The van der Waals surface area contributed by atoms with Crippen LogP contribution in [0.3, 0.4) is 0 Å². The molecule has 12 nitrogen and oxygen atoms in total. The average Bonchev–Trinajstić information content (AvgIpc) is 2.94. The number of nitrogens with one attached hydrogen (secondary N) is 1. The largest absolute Gasteiger partial charge is 0.514 e. The van der Waals surface area contributed by atoms with E-state index in [1.54, 1.807) is 43.3 Å². The fourth-order valence-electron chi connectivity index (χ4n) is 3.19. The molecule has 1 N–H and O–H groups in total. The quantitative estimate of drug-likeness (QED) is 0.192. The molecule has 2 aromatic carbocycles. The van der Waals surface area contributed by atoms with Crippen molar-refractivity contribution in [2.45, 2.75) is 52.2 Å². The maximum absolute atomic E-state index is 12.5. The molecule has 0 fully saturated rings. The van der Waals surface area contributed by atoms with Gasteiger partial charge in [-0.05, 0) is 56.0 Å². The minimum absolute atomic E-state index is 0.0696. The monoisotopic (exact) mass is 561 g/mol. The summed E-state index contributed by atoms with van der Waals surface area (Å²) in [6.45, 7) is 5.68. The molecule has 1 unspecified atom stereocenters. The Hall–Kier alpha value is -4.32. The summed E-state index contributed by atoms with van der Waals surface area (Å²) in [4.78, 5) is 48.6. The number of carbonyl (C=O) groups is 4. The van der Waals surface area contributed by atoms with Crippen LogP contribution in [0.15, 0.2) is 48.5 Å². The van der Waals surface area contributed by atoms with E-state index in [-0.39, 0.29) is 37.7 Å². The Kier molecular flexibility index (Phi) is 13.8. The normalized spacial score (nSPS) is 11.9. The lowest BCUT2D eigenvalue weighted by molar-refractivity contribution is -0.143. The highest BCUT2D eigenvalue weighted by atomic mass is 16.7. The molecule has 0 saturated heterocycles. The minimum atomic E-state index is -0.984. The topological polar surface area (TPSA) is 145 Å². The molecule has 0 aliphatic heterocycles. The molecule has 2 rings (SSSR count). The third-order valence-corrected chi connectivity index (χ3v) is 5.06. The van der Waals surface area contributed by atoms with Crippen molar-refractivity contribution in [3.63, 3.8) is 0 Å². The summed E-state index contributed by atoms with van der Waals surface area (Å²) in [5, 5.41) is 3.00.